The van der Waals surface area contributed by atoms with E-state index in [0.717, 1.165) is 18.9 Å². The first-order valence-corrected chi connectivity index (χ1v) is 5.99. The maximum atomic E-state index is 12.7. The van der Waals surface area contributed by atoms with Crippen LogP contribution in [0.3, 0.4) is 0 Å². The summed E-state index contributed by atoms with van der Waals surface area (Å²) < 4.78 is 38.2. The number of halogens is 3. The molecule has 108 valence electrons. The number of rotatable bonds is 5. The highest BCUT2D eigenvalue weighted by Crippen LogP contribution is 2.30. The van der Waals surface area contributed by atoms with Gasteiger partial charge in [0.05, 0.1) is 0 Å². The molecule has 0 saturated carbocycles. The second-order valence-corrected chi connectivity index (χ2v) is 4.16. The van der Waals surface area contributed by atoms with E-state index in [1.54, 1.807) is 11.9 Å². The van der Waals surface area contributed by atoms with Gasteiger partial charge in [0.15, 0.2) is 5.69 Å². The first-order chi connectivity index (χ1) is 8.83. The molecule has 0 aliphatic carbocycles. The molecule has 0 amide bonds. The molecule has 0 bridgehead atoms. The van der Waals surface area contributed by atoms with E-state index in [4.69, 9.17) is 5.84 Å². The minimum Gasteiger partial charge on any atom is -0.357 e. The molecule has 5 nitrogen and oxygen atoms in total. The number of nitrogens with one attached hydrogen (secondary N) is 1. The molecule has 0 saturated heterocycles. The predicted molar refractivity (Wildman–Crippen MR) is 67.6 cm³/mol. The number of nitrogens with two attached hydrogens (primary N) is 1. The van der Waals surface area contributed by atoms with Crippen molar-refractivity contribution in [2.45, 2.75) is 38.9 Å². The Labute approximate surface area is 110 Å². The van der Waals surface area contributed by atoms with E-state index < -0.39 is 11.9 Å². The van der Waals surface area contributed by atoms with E-state index in [0.29, 0.717) is 0 Å². The summed E-state index contributed by atoms with van der Waals surface area (Å²) in [7, 11) is 1.71. The van der Waals surface area contributed by atoms with Gasteiger partial charge in [-0.2, -0.15) is 18.2 Å². The van der Waals surface area contributed by atoms with E-state index in [2.05, 4.69) is 15.4 Å². The van der Waals surface area contributed by atoms with Crippen LogP contribution in [-0.2, 0) is 6.18 Å². The lowest BCUT2D eigenvalue weighted by atomic mass is 10.1. The van der Waals surface area contributed by atoms with Gasteiger partial charge in [0.25, 0.3) is 0 Å². The van der Waals surface area contributed by atoms with Crippen LogP contribution in [0.2, 0.25) is 0 Å². The van der Waals surface area contributed by atoms with Gasteiger partial charge < -0.3 is 4.90 Å². The van der Waals surface area contributed by atoms with Crippen LogP contribution in [-0.4, -0.2) is 23.1 Å². The molecule has 0 fully saturated rings. The molecule has 1 aromatic rings. The lowest BCUT2D eigenvalue weighted by Crippen LogP contribution is -2.32. The lowest BCUT2D eigenvalue weighted by Gasteiger charge is -2.27. The molecule has 0 atom stereocenters. The SMILES string of the molecule is CCC(CC)N(C)c1cc(C(F)(F)F)nc(NN)n1. The summed E-state index contributed by atoms with van der Waals surface area (Å²) in [6.45, 7) is 3.94. The molecule has 0 aliphatic heterocycles. The third-order valence-electron chi connectivity index (χ3n) is 2.98. The van der Waals surface area contributed by atoms with Gasteiger partial charge in [0.1, 0.15) is 5.82 Å². The average molecular weight is 277 g/mol. The third kappa shape index (κ3) is 3.69. The molecule has 19 heavy (non-hydrogen) atoms. The number of alkyl halides is 3. The van der Waals surface area contributed by atoms with Gasteiger partial charge in [-0.1, -0.05) is 13.8 Å². The Hall–Kier alpha value is -1.57. The number of hydrogen-bond acceptors (Lipinski definition) is 5. The number of nitrogens with zero attached hydrogens (tertiary/aromatic N) is 3. The summed E-state index contributed by atoms with van der Waals surface area (Å²) in [5, 5.41) is 0. The molecule has 0 spiro atoms. The predicted octanol–water partition coefficient (Wildman–Crippen LogP) is 2.41. The summed E-state index contributed by atoms with van der Waals surface area (Å²) in [4.78, 5) is 8.98. The quantitative estimate of drug-likeness (QED) is 0.639. The van der Waals surface area contributed by atoms with Gasteiger partial charge >= 0.3 is 6.18 Å². The van der Waals surface area contributed by atoms with Crippen LogP contribution in [0.1, 0.15) is 32.4 Å². The molecule has 0 unspecified atom stereocenters. The van der Waals surface area contributed by atoms with Gasteiger partial charge in [-0.3, -0.25) is 5.43 Å². The first-order valence-electron chi connectivity index (χ1n) is 5.99. The minimum atomic E-state index is -4.53. The van der Waals surface area contributed by atoms with Crippen LogP contribution >= 0.6 is 0 Å². The smallest absolute Gasteiger partial charge is 0.357 e. The van der Waals surface area contributed by atoms with Crippen LogP contribution in [0.25, 0.3) is 0 Å². The standard InChI is InChI=1S/C11H18F3N5/c1-4-7(5-2)19(3)9-6-8(11(12,13)14)16-10(17-9)18-15/h6-7H,4-5,15H2,1-3H3,(H,16,17,18). The second-order valence-electron chi connectivity index (χ2n) is 4.16. The largest absolute Gasteiger partial charge is 0.433 e. The van der Waals surface area contributed by atoms with Gasteiger partial charge in [0.2, 0.25) is 5.95 Å². The number of hydrazine groups is 1. The van der Waals surface area contributed by atoms with Crippen LogP contribution in [0.15, 0.2) is 6.07 Å². The Kier molecular flexibility index (Phi) is 4.93. The molecular weight excluding hydrogens is 259 g/mol. The van der Waals surface area contributed by atoms with E-state index in [1.165, 1.54) is 0 Å². The third-order valence-corrected chi connectivity index (χ3v) is 2.98. The number of aromatic nitrogens is 2. The fourth-order valence-corrected chi connectivity index (χ4v) is 1.85. The summed E-state index contributed by atoms with van der Waals surface area (Å²) >= 11 is 0. The Bertz CT molecular complexity index is 417. The molecule has 1 aromatic heterocycles. The molecular formula is C11H18F3N5. The van der Waals surface area contributed by atoms with Crippen molar-refractivity contribution >= 4 is 11.8 Å². The molecule has 1 rings (SSSR count). The monoisotopic (exact) mass is 277 g/mol. The van der Waals surface area contributed by atoms with E-state index >= 15 is 0 Å². The Morgan fingerprint density at radius 1 is 1.32 bits per heavy atom. The van der Waals surface area contributed by atoms with E-state index in [1.807, 2.05) is 13.8 Å². The molecule has 0 aromatic carbocycles. The van der Waals surface area contributed by atoms with Crippen LogP contribution < -0.4 is 16.2 Å². The highest BCUT2D eigenvalue weighted by molar-refractivity contribution is 5.45. The maximum absolute atomic E-state index is 12.7. The highest BCUT2D eigenvalue weighted by Gasteiger charge is 2.34. The minimum absolute atomic E-state index is 0.113. The number of nitrogen functional groups attached to an aromatic ring is 1. The van der Waals surface area contributed by atoms with E-state index in [9.17, 15) is 13.2 Å². The zero-order valence-electron chi connectivity index (χ0n) is 11.1. The van der Waals surface area contributed by atoms with Crippen molar-refractivity contribution in [1.82, 2.24) is 9.97 Å². The lowest BCUT2D eigenvalue weighted by molar-refractivity contribution is -0.141. The van der Waals surface area contributed by atoms with Crippen LogP contribution in [0.5, 0.6) is 0 Å². The zero-order valence-corrected chi connectivity index (χ0v) is 11.1. The van der Waals surface area contributed by atoms with Crippen molar-refractivity contribution in [3.63, 3.8) is 0 Å². The fourth-order valence-electron chi connectivity index (χ4n) is 1.85. The van der Waals surface area contributed by atoms with Crippen LogP contribution in [0, 0.1) is 0 Å². The molecule has 0 radical (unpaired) electrons. The first kappa shape index (κ1) is 15.5. The van der Waals surface area contributed by atoms with Crippen molar-refractivity contribution in [3.8, 4) is 0 Å². The zero-order chi connectivity index (χ0) is 14.6. The molecule has 3 N–H and O–H groups in total. The number of hydrogen-bond donors (Lipinski definition) is 2. The van der Waals surface area contributed by atoms with Crippen molar-refractivity contribution in [2.24, 2.45) is 5.84 Å². The average Bonchev–Trinajstić information content (AvgIpc) is 2.38. The Balaban J connectivity index is 3.20. The van der Waals surface area contributed by atoms with Gasteiger partial charge in [-0.25, -0.2) is 10.8 Å². The molecule has 8 heteroatoms. The fraction of sp³-hybridized carbons (Fsp3) is 0.636. The van der Waals surface area contributed by atoms with Crippen molar-refractivity contribution in [1.29, 1.82) is 0 Å². The normalized spacial score (nSPS) is 11.8. The Morgan fingerprint density at radius 2 is 1.89 bits per heavy atom. The second kappa shape index (κ2) is 6.05. The van der Waals surface area contributed by atoms with Crippen molar-refractivity contribution < 1.29 is 13.2 Å². The summed E-state index contributed by atoms with van der Waals surface area (Å²) in [5.41, 5.74) is 1.05. The van der Waals surface area contributed by atoms with Crippen molar-refractivity contribution in [3.05, 3.63) is 11.8 Å². The van der Waals surface area contributed by atoms with Crippen molar-refractivity contribution in [2.75, 3.05) is 17.4 Å². The van der Waals surface area contributed by atoms with Crippen LogP contribution in [0.4, 0.5) is 24.9 Å². The van der Waals surface area contributed by atoms with Gasteiger partial charge in [-0.15, -0.1) is 0 Å². The molecule has 1 heterocycles. The number of anilines is 2. The summed E-state index contributed by atoms with van der Waals surface area (Å²) in [6, 6.07) is 1.04. The van der Waals surface area contributed by atoms with Gasteiger partial charge in [-0.05, 0) is 12.8 Å². The summed E-state index contributed by atoms with van der Waals surface area (Å²) in [5.74, 6) is 5.06. The topological polar surface area (TPSA) is 67.1 Å². The highest BCUT2D eigenvalue weighted by atomic mass is 19.4. The summed E-state index contributed by atoms with van der Waals surface area (Å²) in [6.07, 6.45) is -2.91. The molecule has 0 aliphatic rings. The maximum Gasteiger partial charge on any atom is 0.433 e. The van der Waals surface area contributed by atoms with E-state index in [-0.39, 0.29) is 17.8 Å². The van der Waals surface area contributed by atoms with Gasteiger partial charge in [0, 0.05) is 19.2 Å². The Morgan fingerprint density at radius 3 is 2.32 bits per heavy atom.